The van der Waals surface area contributed by atoms with Gasteiger partial charge in [-0.2, -0.15) is 4.98 Å². The van der Waals surface area contributed by atoms with E-state index < -0.39 is 0 Å². The molecule has 0 aliphatic rings. The number of rotatable bonds is 7. The van der Waals surface area contributed by atoms with Gasteiger partial charge < -0.3 is 15.4 Å². The summed E-state index contributed by atoms with van der Waals surface area (Å²) in [6.07, 6.45) is 0. The average molecular weight is 352 g/mol. The molecule has 0 spiro atoms. The van der Waals surface area contributed by atoms with Crippen LogP contribution >= 0.6 is 0 Å². The fourth-order valence-electron chi connectivity index (χ4n) is 2.49. The van der Waals surface area contributed by atoms with Gasteiger partial charge in [-0.15, -0.1) is 0 Å². The molecule has 0 aliphatic heterocycles. The number of halogens is 1. The van der Waals surface area contributed by atoms with Crippen LogP contribution in [0.15, 0.2) is 54.6 Å². The van der Waals surface area contributed by atoms with Crippen molar-refractivity contribution in [1.29, 1.82) is 0 Å². The summed E-state index contributed by atoms with van der Waals surface area (Å²) in [6.45, 7) is 2.86. The van der Waals surface area contributed by atoms with Crippen molar-refractivity contribution in [3.05, 3.63) is 77.2 Å². The van der Waals surface area contributed by atoms with E-state index in [0.717, 1.165) is 17.0 Å². The van der Waals surface area contributed by atoms with E-state index in [2.05, 4.69) is 20.6 Å². The Morgan fingerprint density at radius 1 is 0.962 bits per heavy atom. The molecule has 0 saturated carbocycles. The molecule has 0 amide bonds. The van der Waals surface area contributed by atoms with Crippen molar-refractivity contribution in [3.63, 3.8) is 0 Å². The van der Waals surface area contributed by atoms with E-state index in [-0.39, 0.29) is 5.82 Å². The minimum absolute atomic E-state index is 0.245. The number of hydrogen-bond acceptors (Lipinski definition) is 5. The smallest absolute Gasteiger partial charge is 0.225 e. The van der Waals surface area contributed by atoms with Gasteiger partial charge in [-0.1, -0.05) is 30.3 Å². The summed E-state index contributed by atoms with van der Waals surface area (Å²) in [5, 5.41) is 6.36. The Morgan fingerprint density at radius 2 is 1.73 bits per heavy atom. The molecule has 26 heavy (non-hydrogen) atoms. The molecule has 5 nitrogen and oxygen atoms in total. The number of nitrogens with zero attached hydrogens (tertiary/aromatic N) is 2. The zero-order valence-corrected chi connectivity index (χ0v) is 14.8. The first-order valence-electron chi connectivity index (χ1n) is 8.34. The molecule has 0 unspecified atom stereocenters. The number of aryl methyl sites for hydroxylation is 1. The van der Waals surface area contributed by atoms with E-state index in [0.29, 0.717) is 30.4 Å². The van der Waals surface area contributed by atoms with Crippen LogP contribution in [0.5, 0.6) is 5.75 Å². The Bertz CT molecular complexity index is 868. The monoisotopic (exact) mass is 352 g/mol. The number of nitrogens with one attached hydrogen (secondary N) is 2. The molecular formula is C20H21FN4O. The SMILES string of the molecule is COc1ccc(CNc2cc(C)nc(NCc3ccccc3F)n2)cc1. The maximum atomic E-state index is 13.7. The summed E-state index contributed by atoms with van der Waals surface area (Å²) >= 11 is 0. The number of ether oxygens (including phenoxy) is 1. The molecule has 0 bridgehead atoms. The van der Waals surface area contributed by atoms with Gasteiger partial charge in [0, 0.05) is 30.4 Å². The second-order valence-electron chi connectivity index (χ2n) is 5.86. The van der Waals surface area contributed by atoms with Gasteiger partial charge in [-0.05, 0) is 30.7 Å². The highest BCUT2D eigenvalue weighted by molar-refractivity contribution is 5.43. The highest BCUT2D eigenvalue weighted by Crippen LogP contribution is 2.15. The fraction of sp³-hybridized carbons (Fsp3) is 0.200. The van der Waals surface area contributed by atoms with Crippen LogP contribution in [0.1, 0.15) is 16.8 Å². The van der Waals surface area contributed by atoms with E-state index in [4.69, 9.17) is 4.74 Å². The topological polar surface area (TPSA) is 59.1 Å². The van der Waals surface area contributed by atoms with Crippen LogP contribution in [0.2, 0.25) is 0 Å². The Hall–Kier alpha value is -3.15. The van der Waals surface area contributed by atoms with Gasteiger partial charge in [0.05, 0.1) is 7.11 Å². The molecule has 1 heterocycles. The molecule has 6 heteroatoms. The summed E-state index contributed by atoms with van der Waals surface area (Å²) in [5.41, 5.74) is 2.52. The first kappa shape index (κ1) is 17.7. The predicted octanol–water partition coefficient (Wildman–Crippen LogP) is 4.16. The van der Waals surface area contributed by atoms with Gasteiger partial charge in [0.1, 0.15) is 17.4 Å². The molecule has 3 aromatic rings. The minimum Gasteiger partial charge on any atom is -0.497 e. The molecular weight excluding hydrogens is 331 g/mol. The van der Waals surface area contributed by atoms with Crippen molar-refractivity contribution in [2.75, 3.05) is 17.7 Å². The van der Waals surface area contributed by atoms with Crippen LogP contribution in [0.25, 0.3) is 0 Å². The van der Waals surface area contributed by atoms with Gasteiger partial charge >= 0.3 is 0 Å². The Balaban J connectivity index is 1.64. The highest BCUT2D eigenvalue weighted by Gasteiger charge is 2.05. The third-order valence-corrected chi connectivity index (χ3v) is 3.88. The summed E-state index contributed by atoms with van der Waals surface area (Å²) in [7, 11) is 1.65. The van der Waals surface area contributed by atoms with Crippen molar-refractivity contribution in [2.45, 2.75) is 20.0 Å². The quantitative estimate of drug-likeness (QED) is 0.669. The molecule has 2 N–H and O–H groups in total. The van der Waals surface area contributed by atoms with Gasteiger partial charge in [0.2, 0.25) is 5.95 Å². The molecule has 0 radical (unpaired) electrons. The van der Waals surface area contributed by atoms with E-state index in [1.807, 2.05) is 37.3 Å². The van der Waals surface area contributed by atoms with Crippen LogP contribution in [0.3, 0.4) is 0 Å². The maximum Gasteiger partial charge on any atom is 0.225 e. The second-order valence-corrected chi connectivity index (χ2v) is 5.86. The minimum atomic E-state index is -0.245. The van der Waals surface area contributed by atoms with Crippen molar-refractivity contribution >= 4 is 11.8 Å². The molecule has 3 rings (SSSR count). The van der Waals surface area contributed by atoms with Gasteiger partial charge in [0.25, 0.3) is 0 Å². The highest BCUT2D eigenvalue weighted by atomic mass is 19.1. The van der Waals surface area contributed by atoms with Crippen molar-refractivity contribution in [3.8, 4) is 5.75 Å². The van der Waals surface area contributed by atoms with Crippen molar-refractivity contribution in [2.24, 2.45) is 0 Å². The number of anilines is 2. The van der Waals surface area contributed by atoms with Crippen LogP contribution in [0, 0.1) is 12.7 Å². The van der Waals surface area contributed by atoms with Crippen LogP contribution in [-0.2, 0) is 13.1 Å². The van der Waals surface area contributed by atoms with Crippen LogP contribution in [0.4, 0.5) is 16.2 Å². The Kier molecular flexibility index (Phi) is 5.63. The van der Waals surface area contributed by atoms with E-state index in [1.165, 1.54) is 6.07 Å². The molecule has 134 valence electrons. The normalized spacial score (nSPS) is 10.4. The van der Waals surface area contributed by atoms with E-state index >= 15 is 0 Å². The van der Waals surface area contributed by atoms with E-state index in [9.17, 15) is 4.39 Å². The van der Waals surface area contributed by atoms with Crippen LogP contribution < -0.4 is 15.4 Å². The summed E-state index contributed by atoms with van der Waals surface area (Å²) in [4.78, 5) is 8.80. The lowest BCUT2D eigenvalue weighted by Gasteiger charge is -2.11. The van der Waals surface area contributed by atoms with Crippen molar-refractivity contribution in [1.82, 2.24) is 9.97 Å². The summed E-state index contributed by atoms with van der Waals surface area (Å²) in [5.74, 6) is 1.76. The first-order chi connectivity index (χ1) is 12.6. The van der Waals surface area contributed by atoms with E-state index in [1.54, 1.807) is 25.3 Å². The third kappa shape index (κ3) is 4.69. The van der Waals surface area contributed by atoms with Crippen LogP contribution in [-0.4, -0.2) is 17.1 Å². The summed E-state index contributed by atoms with van der Waals surface area (Å²) < 4.78 is 18.9. The molecule has 1 aromatic heterocycles. The van der Waals surface area contributed by atoms with Gasteiger partial charge in [-0.25, -0.2) is 9.37 Å². The van der Waals surface area contributed by atoms with Gasteiger partial charge in [-0.3, -0.25) is 0 Å². The number of hydrogen-bond donors (Lipinski definition) is 2. The molecule has 0 fully saturated rings. The first-order valence-corrected chi connectivity index (χ1v) is 8.34. The standard InChI is InChI=1S/C20H21FN4O/c1-14-11-19(22-12-15-7-9-17(26-2)10-8-15)25-20(24-14)23-13-16-5-3-4-6-18(16)21/h3-11H,12-13H2,1-2H3,(H2,22,23,24,25). The molecule has 0 atom stereocenters. The second kappa shape index (κ2) is 8.29. The molecule has 0 aliphatic carbocycles. The zero-order chi connectivity index (χ0) is 18.4. The zero-order valence-electron chi connectivity index (χ0n) is 14.8. The predicted molar refractivity (Wildman–Crippen MR) is 101 cm³/mol. The lowest BCUT2D eigenvalue weighted by molar-refractivity contribution is 0.414. The number of methoxy groups -OCH3 is 1. The lowest BCUT2D eigenvalue weighted by atomic mass is 10.2. The van der Waals surface area contributed by atoms with Gasteiger partial charge in [0.15, 0.2) is 0 Å². The lowest BCUT2D eigenvalue weighted by Crippen LogP contribution is -2.08. The fourth-order valence-corrected chi connectivity index (χ4v) is 2.49. The largest absolute Gasteiger partial charge is 0.497 e. The van der Waals surface area contributed by atoms with Crippen molar-refractivity contribution < 1.29 is 9.13 Å². The Labute approximate surface area is 152 Å². The maximum absolute atomic E-state index is 13.7. The number of benzene rings is 2. The third-order valence-electron chi connectivity index (χ3n) is 3.88. The average Bonchev–Trinajstić information content (AvgIpc) is 2.66. The Morgan fingerprint density at radius 3 is 2.46 bits per heavy atom. The molecule has 2 aromatic carbocycles. The molecule has 0 saturated heterocycles. The number of aromatic nitrogens is 2. The summed E-state index contributed by atoms with van der Waals surface area (Å²) in [6, 6.07) is 16.4.